The van der Waals surface area contributed by atoms with Gasteiger partial charge in [0.05, 0.1) is 12.7 Å². The van der Waals surface area contributed by atoms with Gasteiger partial charge in [0.2, 0.25) is 0 Å². The predicted molar refractivity (Wildman–Crippen MR) is 97.1 cm³/mol. The molecule has 0 bridgehead atoms. The number of carbonyl (C=O) groups excluding carboxylic acids is 1. The van der Waals surface area contributed by atoms with Crippen molar-refractivity contribution in [3.05, 3.63) is 53.6 Å². The van der Waals surface area contributed by atoms with Gasteiger partial charge in [-0.2, -0.15) is 13.2 Å². The second kappa shape index (κ2) is 14.3. The number of hydrogen-bond donors (Lipinski definition) is 1. The van der Waals surface area contributed by atoms with Gasteiger partial charge in [-0.05, 0) is 55.0 Å². The van der Waals surface area contributed by atoms with Crippen molar-refractivity contribution < 1.29 is 104 Å². The Bertz CT molecular complexity index is 816. The van der Waals surface area contributed by atoms with Crippen molar-refractivity contribution in [1.29, 1.82) is 0 Å². The van der Waals surface area contributed by atoms with E-state index in [1.807, 2.05) is 0 Å². The first-order chi connectivity index (χ1) is 13.7. The number of aryl methyl sites for hydroxylation is 1. The van der Waals surface area contributed by atoms with Crippen molar-refractivity contribution in [1.82, 2.24) is 0 Å². The fourth-order valence-corrected chi connectivity index (χ4v) is 2.24. The molecular weight excluding hydrogens is 869 g/mol. The van der Waals surface area contributed by atoms with Crippen molar-refractivity contribution in [2.24, 2.45) is 0 Å². The Labute approximate surface area is 225 Å². The molecule has 0 aromatic heterocycles. The maximum Gasteiger partial charge on any atom is 0.416 e. The van der Waals surface area contributed by atoms with Gasteiger partial charge in [0.1, 0.15) is 36.6 Å². The number of alkyl halides is 3. The molecule has 6 nitrogen and oxygen atoms in total. The zero-order valence-corrected chi connectivity index (χ0v) is 25.2. The first-order valence-electron chi connectivity index (χ1n) is 8.60. The number of aliphatic hydroxyl groups is 1. The molecule has 0 aliphatic heterocycles. The summed E-state index contributed by atoms with van der Waals surface area (Å²) < 4.78 is 58.1. The van der Waals surface area contributed by atoms with Crippen molar-refractivity contribution in [2.45, 2.75) is 19.2 Å². The summed E-state index contributed by atoms with van der Waals surface area (Å²) in [5, 5.41) is 9.95. The summed E-state index contributed by atoms with van der Waals surface area (Å²) in [4.78, 5) is 11.1. The average Bonchev–Trinajstić information content (AvgIpc) is 2.69. The molecule has 2 aromatic carbocycles. The van der Waals surface area contributed by atoms with E-state index in [0.29, 0.717) is 11.5 Å². The molecule has 0 aliphatic carbocycles. The molecule has 31 heavy (non-hydrogen) atoms. The molecule has 1 N–H and O–H groups in total. The van der Waals surface area contributed by atoms with Crippen LogP contribution in [-0.2, 0) is 15.7 Å². The quantitative estimate of drug-likeness (QED) is 0.390. The molecule has 0 amide bonds. The summed E-state index contributed by atoms with van der Waals surface area (Å²) in [5.41, 5.74) is -0.0509. The van der Waals surface area contributed by atoms with Gasteiger partial charge in [-0.15, -0.1) is 0 Å². The van der Waals surface area contributed by atoms with Crippen molar-refractivity contribution in [3.63, 3.8) is 0 Å². The fraction of sp³-hybridized carbons (Fsp3) is 0.350. The van der Waals surface area contributed by atoms with Gasteiger partial charge in [0.15, 0.2) is 6.61 Å². The average molecular weight is 890 g/mol. The van der Waals surface area contributed by atoms with E-state index in [4.69, 9.17) is 14.2 Å². The number of methoxy groups -OCH3 is 1. The van der Waals surface area contributed by atoms with Crippen LogP contribution in [0.4, 0.5) is 13.2 Å². The molecule has 0 heterocycles. The third-order valence-corrected chi connectivity index (χ3v) is 3.79. The number of rotatable bonds is 9. The SMILES string of the molecule is COC(=O)COc1ccc(OCC(O)COc2ccc(C(F)(F)F)cc2)cc1C.[U].[U]. The minimum atomic E-state index is -4.41. The zero-order valence-electron chi connectivity index (χ0n) is 16.9. The Hall–Kier alpha value is -0.836. The number of hydrogen-bond acceptors (Lipinski definition) is 6. The van der Waals surface area contributed by atoms with E-state index < -0.39 is 23.8 Å². The van der Waals surface area contributed by atoms with Gasteiger partial charge in [-0.1, -0.05) is 0 Å². The summed E-state index contributed by atoms with van der Waals surface area (Å²) in [6.45, 7) is 1.33. The number of halogens is 3. The Balaban J connectivity index is 0.00000450. The summed E-state index contributed by atoms with van der Waals surface area (Å²) in [6.07, 6.45) is -5.41. The molecule has 0 aliphatic rings. The van der Waals surface area contributed by atoms with E-state index in [1.165, 1.54) is 19.2 Å². The molecular formula is C20H21F3O6U2. The van der Waals surface area contributed by atoms with E-state index >= 15 is 0 Å². The van der Waals surface area contributed by atoms with Gasteiger partial charge >= 0.3 is 12.1 Å². The molecule has 0 radical (unpaired) electrons. The first kappa shape index (κ1) is 30.2. The number of esters is 1. The monoisotopic (exact) mass is 890 g/mol. The van der Waals surface area contributed by atoms with Gasteiger partial charge < -0.3 is 24.1 Å². The van der Waals surface area contributed by atoms with E-state index in [-0.39, 0.29) is 87.8 Å². The smallest absolute Gasteiger partial charge is 0.416 e. The Morgan fingerprint density at radius 3 is 2.03 bits per heavy atom. The normalized spacial score (nSPS) is 11.4. The standard InChI is InChI=1S/C20H21F3O6.2U/c1-13-9-17(7-8-18(13)29-12-19(25)26-2)28-11-15(24)10-27-16-5-3-14(4-6-16)20(21,22)23;;/h3-9,15,24H,10-12H2,1-2H3;;. The van der Waals surface area contributed by atoms with Crippen LogP contribution in [0.2, 0.25) is 0 Å². The number of benzene rings is 2. The molecule has 0 saturated carbocycles. The van der Waals surface area contributed by atoms with Gasteiger partial charge in [-0.25, -0.2) is 4.79 Å². The number of aliphatic hydroxyl groups excluding tert-OH is 1. The molecule has 0 fully saturated rings. The molecule has 2 rings (SSSR count). The molecule has 166 valence electrons. The van der Waals surface area contributed by atoms with Gasteiger partial charge in [0, 0.05) is 62.2 Å². The molecule has 2 aromatic rings. The van der Waals surface area contributed by atoms with E-state index in [0.717, 1.165) is 17.7 Å². The fourth-order valence-electron chi connectivity index (χ4n) is 2.24. The molecule has 0 spiro atoms. The van der Waals surface area contributed by atoms with E-state index in [1.54, 1.807) is 25.1 Å². The van der Waals surface area contributed by atoms with Crippen molar-refractivity contribution in [2.75, 3.05) is 26.9 Å². The minimum absolute atomic E-state index is 0. The van der Waals surface area contributed by atoms with Crippen LogP contribution < -0.4 is 14.2 Å². The van der Waals surface area contributed by atoms with Gasteiger partial charge in [-0.3, -0.25) is 0 Å². The zero-order chi connectivity index (χ0) is 21.4. The Morgan fingerprint density at radius 1 is 0.968 bits per heavy atom. The van der Waals surface area contributed by atoms with Crippen molar-refractivity contribution in [3.8, 4) is 17.2 Å². The molecule has 1 atom stereocenters. The van der Waals surface area contributed by atoms with Crippen LogP contribution in [0.5, 0.6) is 17.2 Å². The first-order valence-corrected chi connectivity index (χ1v) is 8.60. The van der Waals surface area contributed by atoms with Crippen LogP contribution >= 0.6 is 0 Å². The predicted octanol–water partition coefficient (Wildman–Crippen LogP) is 3.38. The topological polar surface area (TPSA) is 74.2 Å². The number of carbonyl (C=O) groups is 1. The Kier molecular flexibility index (Phi) is 14.0. The van der Waals surface area contributed by atoms with Crippen LogP contribution in [0.1, 0.15) is 11.1 Å². The van der Waals surface area contributed by atoms with Crippen LogP contribution in [0.25, 0.3) is 0 Å². The largest absolute Gasteiger partial charge is 0.491 e. The summed E-state index contributed by atoms with van der Waals surface area (Å²) in [7, 11) is 1.27. The van der Waals surface area contributed by atoms with Crippen LogP contribution in [0, 0.1) is 69.2 Å². The molecule has 1 unspecified atom stereocenters. The summed E-state index contributed by atoms with van der Waals surface area (Å²) in [6, 6.07) is 9.10. The third kappa shape index (κ3) is 10.5. The molecule has 0 saturated heterocycles. The summed E-state index contributed by atoms with van der Waals surface area (Å²) in [5.74, 6) is 0.677. The third-order valence-electron chi connectivity index (χ3n) is 3.79. The number of ether oxygens (including phenoxy) is 4. The Morgan fingerprint density at radius 2 is 1.52 bits per heavy atom. The van der Waals surface area contributed by atoms with E-state index in [9.17, 15) is 23.1 Å². The second-order valence-electron chi connectivity index (χ2n) is 6.09. The molecule has 11 heteroatoms. The van der Waals surface area contributed by atoms with Crippen molar-refractivity contribution >= 4 is 5.97 Å². The van der Waals surface area contributed by atoms with Crippen LogP contribution in [0.15, 0.2) is 42.5 Å². The van der Waals surface area contributed by atoms with Gasteiger partial charge in [0.25, 0.3) is 0 Å². The maximum absolute atomic E-state index is 12.5. The van der Waals surface area contributed by atoms with Crippen LogP contribution in [-0.4, -0.2) is 44.1 Å². The maximum atomic E-state index is 12.5. The summed E-state index contributed by atoms with van der Waals surface area (Å²) >= 11 is 0. The minimum Gasteiger partial charge on any atom is -0.491 e. The van der Waals surface area contributed by atoms with E-state index in [2.05, 4.69) is 4.74 Å². The second-order valence-corrected chi connectivity index (χ2v) is 6.09. The van der Waals surface area contributed by atoms with Crippen LogP contribution in [0.3, 0.4) is 0 Å².